The van der Waals surface area contributed by atoms with Crippen LogP contribution in [0.15, 0.2) is 6.07 Å². The summed E-state index contributed by atoms with van der Waals surface area (Å²) >= 11 is 0. The molecular formula is C18H32F2N4O2. The van der Waals surface area contributed by atoms with Gasteiger partial charge in [0.25, 0.3) is 12.3 Å². The molecule has 1 aromatic rings. The number of nitrogens with one attached hydrogen (secondary N) is 1. The van der Waals surface area contributed by atoms with Crippen molar-refractivity contribution in [3.63, 3.8) is 0 Å². The Kier molecular flexibility index (Phi) is 12.1. The smallest absolute Gasteiger partial charge is 0.272 e. The Bertz CT molecular complexity index is 536. The van der Waals surface area contributed by atoms with Gasteiger partial charge in [0, 0.05) is 6.04 Å². The number of amides is 1. The Morgan fingerprint density at radius 3 is 2.35 bits per heavy atom. The van der Waals surface area contributed by atoms with Crippen molar-refractivity contribution in [3.05, 3.63) is 11.6 Å². The predicted octanol–water partition coefficient (Wildman–Crippen LogP) is 4.00. The van der Waals surface area contributed by atoms with E-state index in [-0.39, 0.29) is 29.0 Å². The molecule has 8 heteroatoms. The van der Waals surface area contributed by atoms with Gasteiger partial charge in [-0.25, -0.2) is 8.78 Å². The second-order valence-electron chi connectivity index (χ2n) is 5.33. The van der Waals surface area contributed by atoms with Crippen molar-refractivity contribution >= 4 is 17.4 Å². The lowest BCUT2D eigenvalue weighted by Gasteiger charge is -2.23. The molecule has 0 saturated heterocycles. The quantitative estimate of drug-likeness (QED) is 0.723. The van der Waals surface area contributed by atoms with Gasteiger partial charge in [-0.3, -0.25) is 4.79 Å². The second-order valence-corrected chi connectivity index (χ2v) is 5.33. The minimum Gasteiger partial charge on any atom is -0.471 e. The van der Waals surface area contributed by atoms with Crippen molar-refractivity contribution < 1.29 is 18.3 Å². The summed E-state index contributed by atoms with van der Waals surface area (Å²) in [6.07, 6.45) is 2.40. The maximum absolute atomic E-state index is 12.3. The predicted molar refractivity (Wildman–Crippen MR) is 102 cm³/mol. The number of aromatic nitrogens is 1. The van der Waals surface area contributed by atoms with Crippen LogP contribution in [0.4, 0.5) is 20.3 Å². The van der Waals surface area contributed by atoms with E-state index in [1.165, 1.54) is 6.07 Å². The highest BCUT2D eigenvalue weighted by atomic mass is 19.3. The number of nitrogens with two attached hydrogens (primary N) is 2. The number of nitrogens with zero attached hydrogens (tertiary/aromatic N) is 1. The molecule has 1 aromatic heterocycles. The largest absolute Gasteiger partial charge is 0.471 e. The zero-order valence-corrected chi connectivity index (χ0v) is 16.1. The van der Waals surface area contributed by atoms with Crippen LogP contribution in [-0.2, 0) is 0 Å². The van der Waals surface area contributed by atoms with Gasteiger partial charge in [0.2, 0.25) is 5.88 Å². The monoisotopic (exact) mass is 374 g/mol. The van der Waals surface area contributed by atoms with Crippen LogP contribution in [0.1, 0.15) is 70.2 Å². The summed E-state index contributed by atoms with van der Waals surface area (Å²) in [5, 5.41) is 2.87. The van der Waals surface area contributed by atoms with Crippen LogP contribution in [0.25, 0.3) is 0 Å². The van der Waals surface area contributed by atoms with E-state index in [4.69, 9.17) is 16.2 Å². The van der Waals surface area contributed by atoms with Crippen LogP contribution < -0.4 is 21.5 Å². The van der Waals surface area contributed by atoms with Crippen LogP contribution in [0, 0.1) is 0 Å². The van der Waals surface area contributed by atoms with Crippen LogP contribution in [0.2, 0.25) is 0 Å². The van der Waals surface area contributed by atoms with E-state index in [2.05, 4.69) is 10.3 Å². The van der Waals surface area contributed by atoms with E-state index in [0.29, 0.717) is 0 Å². The Morgan fingerprint density at radius 1 is 1.23 bits per heavy atom. The maximum atomic E-state index is 12.3. The number of ether oxygens (including phenoxy) is 1. The topological polar surface area (TPSA) is 103 Å². The Hall–Kier alpha value is -2.12. The first-order valence-electron chi connectivity index (χ1n) is 9.25. The number of pyridine rings is 1. The first-order valence-corrected chi connectivity index (χ1v) is 9.25. The van der Waals surface area contributed by atoms with Crippen molar-refractivity contribution in [3.8, 4) is 5.88 Å². The number of carbonyl (C=O) groups excluding carboxylic acids is 1. The molecule has 1 aliphatic rings. The summed E-state index contributed by atoms with van der Waals surface area (Å²) < 4.78 is 29.5. The molecule has 0 radical (unpaired) electrons. The molecule has 5 N–H and O–H groups in total. The molecule has 1 heterocycles. The third kappa shape index (κ3) is 7.84. The molecule has 1 fully saturated rings. The molecule has 0 atom stereocenters. The van der Waals surface area contributed by atoms with Gasteiger partial charge in [-0.05, 0) is 18.9 Å². The SMILES string of the molecule is CC.CC.Nc1cc(C(=O)NC2CCCCC2)c(OCC(F)F)nc1N. The number of hydrogen-bond donors (Lipinski definition) is 3. The van der Waals surface area contributed by atoms with Crippen LogP contribution in [-0.4, -0.2) is 30.0 Å². The molecule has 6 nitrogen and oxygen atoms in total. The molecule has 0 aliphatic heterocycles. The van der Waals surface area contributed by atoms with Crippen LogP contribution in [0.5, 0.6) is 5.88 Å². The molecule has 150 valence electrons. The molecule has 0 aromatic carbocycles. The lowest BCUT2D eigenvalue weighted by Crippen LogP contribution is -2.36. The van der Waals surface area contributed by atoms with Crippen molar-refractivity contribution in [1.82, 2.24) is 10.3 Å². The zero-order valence-electron chi connectivity index (χ0n) is 16.1. The average Bonchev–Trinajstić information content (AvgIpc) is 2.66. The van der Waals surface area contributed by atoms with Gasteiger partial charge in [-0.2, -0.15) is 4.98 Å². The molecule has 26 heavy (non-hydrogen) atoms. The summed E-state index contributed by atoms with van der Waals surface area (Å²) in [4.78, 5) is 16.1. The molecule has 2 rings (SSSR count). The Morgan fingerprint density at radius 2 is 1.81 bits per heavy atom. The summed E-state index contributed by atoms with van der Waals surface area (Å²) in [7, 11) is 0. The first-order chi connectivity index (χ1) is 12.5. The summed E-state index contributed by atoms with van der Waals surface area (Å²) in [6.45, 7) is 7.14. The number of rotatable bonds is 5. The third-order valence-corrected chi connectivity index (χ3v) is 3.58. The molecule has 1 amide bonds. The Balaban J connectivity index is 0.00000146. The van der Waals surface area contributed by atoms with Gasteiger partial charge < -0.3 is 21.5 Å². The normalized spacial score (nSPS) is 13.8. The van der Waals surface area contributed by atoms with Crippen LogP contribution >= 0.6 is 0 Å². The van der Waals surface area contributed by atoms with Crippen molar-refractivity contribution in [2.24, 2.45) is 0 Å². The number of nitrogen functional groups attached to an aromatic ring is 2. The standard InChI is InChI=1S/C14H20F2N4O2.2C2H6/c15-11(16)7-22-14-9(6-10(17)12(18)20-14)13(21)19-8-4-2-1-3-5-8;2*1-2/h6,8,11H,1-5,7,17H2,(H2,18,20)(H,19,21);2*1-2H3. The molecule has 0 unspecified atom stereocenters. The number of halogens is 2. The van der Waals surface area contributed by atoms with E-state index < -0.39 is 18.9 Å². The molecule has 0 spiro atoms. The molecule has 0 bridgehead atoms. The number of carbonyl (C=O) groups is 1. The van der Waals surface area contributed by atoms with Crippen molar-refractivity contribution in [2.45, 2.75) is 72.3 Å². The van der Waals surface area contributed by atoms with E-state index in [9.17, 15) is 13.6 Å². The fourth-order valence-corrected chi connectivity index (χ4v) is 2.45. The Labute approximate surface area is 154 Å². The summed E-state index contributed by atoms with van der Waals surface area (Å²) in [5.74, 6) is -0.714. The molecular weight excluding hydrogens is 342 g/mol. The van der Waals surface area contributed by atoms with Gasteiger partial charge in [0.1, 0.15) is 5.56 Å². The van der Waals surface area contributed by atoms with Gasteiger partial charge in [0.05, 0.1) is 5.69 Å². The van der Waals surface area contributed by atoms with Crippen LogP contribution in [0.3, 0.4) is 0 Å². The van der Waals surface area contributed by atoms with E-state index in [1.807, 2.05) is 27.7 Å². The number of anilines is 2. The second kappa shape index (κ2) is 13.1. The minimum atomic E-state index is -2.67. The van der Waals surface area contributed by atoms with E-state index in [1.54, 1.807) is 0 Å². The lowest BCUT2D eigenvalue weighted by atomic mass is 9.95. The highest BCUT2D eigenvalue weighted by Crippen LogP contribution is 2.25. The van der Waals surface area contributed by atoms with Crippen molar-refractivity contribution in [1.29, 1.82) is 0 Å². The third-order valence-electron chi connectivity index (χ3n) is 3.58. The number of hydrogen-bond acceptors (Lipinski definition) is 5. The van der Waals surface area contributed by atoms with E-state index in [0.717, 1.165) is 32.1 Å². The fraction of sp³-hybridized carbons (Fsp3) is 0.667. The first kappa shape index (κ1) is 23.9. The van der Waals surface area contributed by atoms with Gasteiger partial charge >= 0.3 is 0 Å². The van der Waals surface area contributed by atoms with Gasteiger partial charge in [-0.1, -0.05) is 47.0 Å². The highest BCUT2D eigenvalue weighted by Gasteiger charge is 2.22. The maximum Gasteiger partial charge on any atom is 0.272 e. The van der Waals surface area contributed by atoms with E-state index >= 15 is 0 Å². The molecule has 1 saturated carbocycles. The molecule has 1 aliphatic carbocycles. The highest BCUT2D eigenvalue weighted by molar-refractivity contribution is 5.98. The van der Waals surface area contributed by atoms with Gasteiger partial charge in [-0.15, -0.1) is 0 Å². The zero-order chi connectivity index (χ0) is 20.1. The fourth-order valence-electron chi connectivity index (χ4n) is 2.45. The minimum absolute atomic E-state index is 0.0259. The van der Waals surface area contributed by atoms with Crippen molar-refractivity contribution in [2.75, 3.05) is 18.1 Å². The summed E-state index contributed by atoms with van der Waals surface area (Å²) in [5.41, 5.74) is 11.3. The van der Waals surface area contributed by atoms with Gasteiger partial charge in [0.15, 0.2) is 12.4 Å². The summed E-state index contributed by atoms with van der Waals surface area (Å²) in [6, 6.07) is 1.38. The average molecular weight is 374 g/mol. The lowest BCUT2D eigenvalue weighted by molar-refractivity contribution is 0.0770. The number of alkyl halides is 2.